The molecular weight excluding hydrogens is 400 g/mol. The van der Waals surface area contributed by atoms with Gasteiger partial charge in [0, 0.05) is 6.54 Å². The average molecular weight is 426 g/mol. The van der Waals surface area contributed by atoms with E-state index in [1.165, 1.54) is 0 Å². The summed E-state index contributed by atoms with van der Waals surface area (Å²) in [6.45, 7) is 2.14. The zero-order valence-corrected chi connectivity index (χ0v) is 17.4. The van der Waals surface area contributed by atoms with Crippen molar-refractivity contribution in [1.82, 2.24) is 10.0 Å². The number of hydrogen-bond donors (Lipinski definition) is 0. The number of amides is 2. The Bertz CT molecular complexity index is 874. The zero-order valence-electron chi connectivity index (χ0n) is 17.4. The molecule has 1 aliphatic rings. The van der Waals surface area contributed by atoms with Gasteiger partial charge in [-0.25, -0.2) is 19.4 Å². The van der Waals surface area contributed by atoms with Crippen molar-refractivity contribution in [2.24, 2.45) is 0 Å². The lowest BCUT2D eigenvalue weighted by Gasteiger charge is -2.40. The van der Waals surface area contributed by atoms with Gasteiger partial charge in [0.1, 0.15) is 13.2 Å². The second-order valence-corrected chi connectivity index (χ2v) is 6.96. The van der Waals surface area contributed by atoms with Crippen molar-refractivity contribution in [1.29, 1.82) is 0 Å². The predicted molar refractivity (Wildman–Crippen MR) is 111 cm³/mol. The van der Waals surface area contributed by atoms with E-state index >= 15 is 0 Å². The van der Waals surface area contributed by atoms with Gasteiger partial charge in [0.2, 0.25) is 0 Å². The number of carbonyl (C=O) groups is 3. The molecule has 8 heteroatoms. The first kappa shape index (κ1) is 22.1. The van der Waals surface area contributed by atoms with Crippen LogP contribution < -0.4 is 0 Å². The van der Waals surface area contributed by atoms with Crippen LogP contribution in [0.4, 0.5) is 9.59 Å². The second kappa shape index (κ2) is 11.0. The molecule has 1 aliphatic heterocycles. The van der Waals surface area contributed by atoms with E-state index in [2.05, 4.69) is 0 Å². The molecule has 3 rings (SSSR count). The highest BCUT2D eigenvalue weighted by molar-refractivity contribution is 5.83. The van der Waals surface area contributed by atoms with Gasteiger partial charge in [0.25, 0.3) is 0 Å². The Balaban J connectivity index is 1.73. The van der Waals surface area contributed by atoms with Crippen LogP contribution in [0.15, 0.2) is 60.7 Å². The zero-order chi connectivity index (χ0) is 22.1. The molecule has 8 nitrogen and oxygen atoms in total. The molecule has 164 valence electrons. The van der Waals surface area contributed by atoms with E-state index in [-0.39, 0.29) is 26.4 Å². The normalized spacial score (nSPS) is 15.8. The maximum absolute atomic E-state index is 12.9. The van der Waals surface area contributed by atoms with Gasteiger partial charge < -0.3 is 14.2 Å². The van der Waals surface area contributed by atoms with Crippen LogP contribution in [0.1, 0.15) is 30.9 Å². The lowest BCUT2D eigenvalue weighted by Crippen LogP contribution is -2.60. The van der Waals surface area contributed by atoms with Gasteiger partial charge in [-0.05, 0) is 30.9 Å². The quantitative estimate of drug-likeness (QED) is 0.514. The molecule has 0 bridgehead atoms. The van der Waals surface area contributed by atoms with E-state index in [1.54, 1.807) is 6.92 Å². The molecule has 0 radical (unpaired) electrons. The summed E-state index contributed by atoms with van der Waals surface area (Å²) >= 11 is 0. The largest absolute Gasteiger partial charge is 0.464 e. The van der Waals surface area contributed by atoms with Crippen LogP contribution >= 0.6 is 0 Å². The molecule has 1 fully saturated rings. The van der Waals surface area contributed by atoms with E-state index < -0.39 is 24.2 Å². The van der Waals surface area contributed by atoms with E-state index in [4.69, 9.17) is 14.2 Å². The first-order valence-electron chi connectivity index (χ1n) is 10.2. The van der Waals surface area contributed by atoms with Gasteiger partial charge in [-0.15, -0.1) is 0 Å². The number of esters is 1. The fourth-order valence-electron chi connectivity index (χ4n) is 3.27. The van der Waals surface area contributed by atoms with Crippen LogP contribution in [0.25, 0.3) is 0 Å². The Hall–Kier alpha value is -3.55. The van der Waals surface area contributed by atoms with Crippen molar-refractivity contribution < 1.29 is 28.6 Å². The van der Waals surface area contributed by atoms with Crippen molar-refractivity contribution in [2.45, 2.75) is 39.0 Å². The van der Waals surface area contributed by atoms with Gasteiger partial charge in [0.15, 0.2) is 6.04 Å². The summed E-state index contributed by atoms with van der Waals surface area (Å²) in [7, 11) is 0. The molecule has 31 heavy (non-hydrogen) atoms. The molecule has 0 unspecified atom stereocenters. The molecule has 1 saturated heterocycles. The van der Waals surface area contributed by atoms with Crippen molar-refractivity contribution >= 4 is 18.2 Å². The number of nitrogens with zero attached hydrogens (tertiary/aromatic N) is 2. The minimum atomic E-state index is -0.957. The summed E-state index contributed by atoms with van der Waals surface area (Å²) in [6.07, 6.45) is -0.651. The number of rotatable bonds is 6. The molecule has 2 aromatic carbocycles. The molecule has 1 atom stereocenters. The molecule has 0 aromatic heterocycles. The molecule has 0 N–H and O–H groups in total. The van der Waals surface area contributed by atoms with Crippen molar-refractivity contribution in [2.75, 3.05) is 13.2 Å². The Labute approximate surface area is 181 Å². The average Bonchev–Trinajstić information content (AvgIpc) is 2.82. The monoisotopic (exact) mass is 426 g/mol. The number of hydrogen-bond acceptors (Lipinski definition) is 6. The van der Waals surface area contributed by atoms with Crippen LogP contribution in [0, 0.1) is 0 Å². The van der Waals surface area contributed by atoms with Crippen LogP contribution in [-0.2, 0) is 32.2 Å². The van der Waals surface area contributed by atoms with Crippen LogP contribution in [0.5, 0.6) is 0 Å². The van der Waals surface area contributed by atoms with Gasteiger partial charge in [-0.2, -0.15) is 5.01 Å². The third-order valence-corrected chi connectivity index (χ3v) is 4.77. The van der Waals surface area contributed by atoms with Crippen LogP contribution in [0.3, 0.4) is 0 Å². The predicted octanol–water partition coefficient (Wildman–Crippen LogP) is 3.90. The maximum Gasteiger partial charge on any atom is 0.430 e. The van der Waals surface area contributed by atoms with E-state index in [1.807, 2.05) is 60.7 Å². The van der Waals surface area contributed by atoms with E-state index in [9.17, 15) is 14.4 Å². The Morgan fingerprint density at radius 3 is 1.94 bits per heavy atom. The molecule has 0 saturated carbocycles. The van der Waals surface area contributed by atoms with Gasteiger partial charge in [-0.3, -0.25) is 0 Å². The first-order chi connectivity index (χ1) is 15.1. The van der Waals surface area contributed by atoms with Crippen molar-refractivity contribution in [3.05, 3.63) is 71.8 Å². The second-order valence-electron chi connectivity index (χ2n) is 6.96. The van der Waals surface area contributed by atoms with Crippen molar-refractivity contribution in [3.8, 4) is 0 Å². The number of carbonyl (C=O) groups excluding carboxylic acids is 3. The molecule has 1 heterocycles. The number of hydrazine groups is 1. The van der Waals surface area contributed by atoms with Gasteiger partial charge in [-0.1, -0.05) is 60.7 Å². The Morgan fingerprint density at radius 2 is 1.39 bits per heavy atom. The Kier molecular flexibility index (Phi) is 7.86. The lowest BCUT2D eigenvalue weighted by atomic mass is 10.1. The summed E-state index contributed by atoms with van der Waals surface area (Å²) in [6, 6.07) is 17.4. The van der Waals surface area contributed by atoms with Crippen LogP contribution in [0.2, 0.25) is 0 Å². The van der Waals surface area contributed by atoms with E-state index in [0.717, 1.165) is 21.1 Å². The topological polar surface area (TPSA) is 85.4 Å². The minimum absolute atomic E-state index is 0.0125. The summed E-state index contributed by atoms with van der Waals surface area (Å²) < 4.78 is 15.9. The summed E-state index contributed by atoms with van der Waals surface area (Å²) in [5, 5.41) is 2.15. The third kappa shape index (κ3) is 5.97. The standard InChI is InChI=1S/C23H26N2O6/c1-2-29-21(26)20-14-9-15-24(22(27)30-16-18-10-5-3-6-11-18)25(20)23(28)31-17-19-12-7-4-8-13-19/h3-8,10-13,20H,2,9,14-17H2,1H3/t20-/m1/s1. The van der Waals surface area contributed by atoms with Crippen molar-refractivity contribution in [3.63, 3.8) is 0 Å². The smallest absolute Gasteiger partial charge is 0.430 e. The SMILES string of the molecule is CCOC(=O)[C@H]1CCCN(C(=O)OCc2ccccc2)N1C(=O)OCc1ccccc1. The van der Waals surface area contributed by atoms with Gasteiger partial charge in [0.05, 0.1) is 6.61 Å². The molecule has 2 amide bonds. The fourth-order valence-corrected chi connectivity index (χ4v) is 3.27. The summed E-state index contributed by atoms with van der Waals surface area (Å²) in [4.78, 5) is 38.2. The minimum Gasteiger partial charge on any atom is -0.464 e. The van der Waals surface area contributed by atoms with Crippen LogP contribution in [-0.4, -0.2) is 47.4 Å². The summed E-state index contributed by atoms with van der Waals surface area (Å²) in [5.74, 6) is -0.584. The molecule has 0 aliphatic carbocycles. The highest BCUT2D eigenvalue weighted by atomic mass is 16.6. The highest BCUT2D eigenvalue weighted by Gasteiger charge is 2.42. The maximum atomic E-state index is 12.9. The highest BCUT2D eigenvalue weighted by Crippen LogP contribution is 2.22. The van der Waals surface area contributed by atoms with Gasteiger partial charge >= 0.3 is 18.2 Å². The fraction of sp³-hybridized carbons (Fsp3) is 0.348. The summed E-state index contributed by atoms with van der Waals surface area (Å²) in [5.41, 5.74) is 1.60. The number of benzene rings is 2. The first-order valence-corrected chi connectivity index (χ1v) is 10.2. The van der Waals surface area contributed by atoms with E-state index in [0.29, 0.717) is 12.8 Å². The lowest BCUT2D eigenvalue weighted by molar-refractivity contribution is -0.159. The molecule has 2 aromatic rings. The molecular formula is C23H26N2O6. The number of ether oxygens (including phenoxy) is 3. The third-order valence-electron chi connectivity index (χ3n) is 4.77. The Morgan fingerprint density at radius 1 is 0.839 bits per heavy atom. The molecule has 0 spiro atoms.